The molecule has 2 aromatic carbocycles. The first-order valence-electron chi connectivity index (χ1n) is 17.1. The Morgan fingerprint density at radius 3 is 2.10 bits per heavy atom. The largest absolute Gasteiger partial charge is 1.00 e. The number of nitrogens with zero attached hydrogens (tertiary/aromatic N) is 2. The second-order valence-corrected chi connectivity index (χ2v) is 22.0. The average molecular weight is 797 g/mol. The molecule has 0 saturated carbocycles. The number of fused-ring (bicyclic) bond motifs is 2. The standard InChI is InChI=1S/C37H50N2O9S2Si.K/c1-36(2)29-25-27(49(42,43)44)18-20-31(29)38(22-13-9-12-17-35(40)41)33(36)15-10-8-11-16-34-37(3,4)30-26-28(50(45,46)47)19-21-32(30)39(34)23-14-24-51(6,7)48-5;/h8,10-11,15-16,18-21,25-26H,9,12-14,17,22-24H2,1-7H3,(H2-,40,41,42,43,44,45,46,47);/q;+1/p-1. The molecular formula is C37H49KN2O9S2Si. The SMILES string of the molecule is CO[Si](C)(C)CCC[N+]1=C(C=CC=CC=C2N(CCCCCC(=O)O)c3ccc(S(=O)(=O)[O-])cc3C2(C)C)C(C)(C)c2cc(S(=O)(=O)[O-])ccc21.[K+]. The molecule has 2 aliphatic rings. The molecule has 0 aliphatic carbocycles. The molecule has 52 heavy (non-hydrogen) atoms. The van der Waals surface area contributed by atoms with E-state index in [1.807, 2.05) is 58.1 Å². The molecule has 2 heterocycles. The molecule has 4 rings (SSSR count). The van der Waals surface area contributed by atoms with Crippen LogP contribution in [-0.2, 0) is 40.3 Å². The van der Waals surface area contributed by atoms with Crippen molar-refractivity contribution >= 4 is 51.6 Å². The predicted octanol–water partition coefficient (Wildman–Crippen LogP) is 3.56. The molecule has 0 radical (unpaired) electrons. The molecule has 1 N–H and O–H groups in total. The van der Waals surface area contributed by atoms with Crippen molar-refractivity contribution in [1.29, 1.82) is 0 Å². The zero-order valence-corrected chi connectivity index (χ0v) is 37.2. The molecule has 0 unspecified atom stereocenters. The molecular weight excluding hydrogens is 748 g/mol. The van der Waals surface area contributed by atoms with Crippen LogP contribution in [0.25, 0.3) is 0 Å². The number of hydrogen-bond donors (Lipinski definition) is 1. The van der Waals surface area contributed by atoms with Crippen LogP contribution >= 0.6 is 0 Å². The summed E-state index contributed by atoms with van der Waals surface area (Å²) in [6.45, 7) is 13.6. The predicted molar refractivity (Wildman–Crippen MR) is 198 cm³/mol. The molecule has 15 heteroatoms. The Labute approximate surface area is 352 Å². The minimum atomic E-state index is -4.66. The van der Waals surface area contributed by atoms with Crippen molar-refractivity contribution in [2.45, 2.75) is 99.6 Å². The molecule has 0 spiro atoms. The van der Waals surface area contributed by atoms with Gasteiger partial charge in [0.2, 0.25) is 5.69 Å². The quantitative estimate of drug-likeness (QED) is 0.0873. The summed E-state index contributed by atoms with van der Waals surface area (Å²) in [5.41, 5.74) is 3.77. The van der Waals surface area contributed by atoms with Gasteiger partial charge in [0, 0.05) is 61.0 Å². The van der Waals surface area contributed by atoms with Gasteiger partial charge in [0.1, 0.15) is 26.8 Å². The van der Waals surface area contributed by atoms with E-state index in [1.165, 1.54) is 24.3 Å². The van der Waals surface area contributed by atoms with Crippen molar-refractivity contribution in [3.05, 3.63) is 83.6 Å². The molecule has 0 atom stereocenters. The van der Waals surface area contributed by atoms with E-state index >= 15 is 0 Å². The van der Waals surface area contributed by atoms with Crippen molar-refractivity contribution < 1.29 is 96.2 Å². The normalized spacial score (nSPS) is 17.6. The van der Waals surface area contributed by atoms with Crippen LogP contribution in [0.15, 0.2) is 82.3 Å². The molecule has 2 aromatic rings. The fourth-order valence-corrected chi connectivity index (χ4v) is 9.15. The Bertz CT molecular complexity index is 2020. The van der Waals surface area contributed by atoms with Gasteiger partial charge in [-0.2, -0.15) is 4.58 Å². The van der Waals surface area contributed by atoms with Gasteiger partial charge in [0.15, 0.2) is 14.0 Å². The van der Waals surface area contributed by atoms with E-state index in [4.69, 9.17) is 9.53 Å². The summed E-state index contributed by atoms with van der Waals surface area (Å²) in [5.74, 6) is -0.837. The van der Waals surface area contributed by atoms with Crippen LogP contribution in [0.3, 0.4) is 0 Å². The van der Waals surface area contributed by atoms with Crippen LogP contribution in [-0.4, -0.2) is 75.8 Å². The van der Waals surface area contributed by atoms with Crippen molar-refractivity contribution in [3.8, 4) is 0 Å². The van der Waals surface area contributed by atoms with Gasteiger partial charge in [-0.05, 0) is 87.8 Å². The number of hydrogen-bond acceptors (Lipinski definition) is 9. The van der Waals surface area contributed by atoms with Crippen molar-refractivity contribution in [3.63, 3.8) is 0 Å². The summed E-state index contributed by atoms with van der Waals surface area (Å²) >= 11 is 0. The van der Waals surface area contributed by atoms with Gasteiger partial charge in [0.05, 0.1) is 15.2 Å². The van der Waals surface area contributed by atoms with Crippen LogP contribution in [0, 0.1) is 0 Å². The first-order valence-corrected chi connectivity index (χ1v) is 23.0. The summed E-state index contributed by atoms with van der Waals surface area (Å²) in [5, 5.41) is 9.02. The summed E-state index contributed by atoms with van der Waals surface area (Å²) in [4.78, 5) is 12.6. The number of benzene rings is 2. The Morgan fingerprint density at radius 1 is 0.885 bits per heavy atom. The monoisotopic (exact) mass is 796 g/mol. The van der Waals surface area contributed by atoms with Crippen molar-refractivity contribution in [1.82, 2.24) is 0 Å². The third kappa shape index (κ3) is 10.3. The number of carboxylic acids is 1. The molecule has 11 nitrogen and oxygen atoms in total. The topological polar surface area (TPSA) is 167 Å². The number of rotatable bonds is 16. The summed E-state index contributed by atoms with van der Waals surface area (Å²) in [6.07, 6.45) is 12.6. The Morgan fingerprint density at radius 2 is 1.50 bits per heavy atom. The molecule has 0 aromatic heterocycles. The smallest absolute Gasteiger partial charge is 0.744 e. The van der Waals surface area contributed by atoms with Crippen molar-refractivity contribution in [2.75, 3.05) is 25.1 Å². The van der Waals surface area contributed by atoms with Crippen LogP contribution < -0.4 is 56.3 Å². The Hall–Kier alpha value is -1.77. The minimum absolute atomic E-state index is 0. The molecule has 0 fully saturated rings. The van der Waals surface area contributed by atoms with E-state index in [9.17, 15) is 30.7 Å². The first-order chi connectivity index (χ1) is 23.6. The van der Waals surface area contributed by atoms with Gasteiger partial charge in [0.25, 0.3) is 0 Å². The van der Waals surface area contributed by atoms with E-state index in [0.717, 1.165) is 46.4 Å². The van der Waals surface area contributed by atoms with E-state index in [2.05, 4.69) is 22.6 Å². The van der Waals surface area contributed by atoms with Gasteiger partial charge < -0.3 is 23.5 Å². The van der Waals surface area contributed by atoms with E-state index < -0.39 is 45.4 Å². The zero-order chi connectivity index (χ0) is 38.0. The van der Waals surface area contributed by atoms with E-state index in [0.29, 0.717) is 32.4 Å². The first kappa shape index (κ1) is 44.6. The maximum Gasteiger partial charge on any atom is 1.00 e. The zero-order valence-electron chi connectivity index (χ0n) is 31.4. The molecule has 2 aliphatic heterocycles. The van der Waals surface area contributed by atoms with Gasteiger partial charge in [-0.3, -0.25) is 4.79 Å². The van der Waals surface area contributed by atoms with E-state index in [-0.39, 0.29) is 67.6 Å². The van der Waals surface area contributed by atoms with Gasteiger partial charge >= 0.3 is 57.4 Å². The van der Waals surface area contributed by atoms with E-state index in [1.54, 1.807) is 19.2 Å². The number of carboxylic acid groups (broad SMARTS) is 1. The minimum Gasteiger partial charge on any atom is -0.744 e. The van der Waals surface area contributed by atoms with Crippen LogP contribution in [0.4, 0.5) is 11.4 Å². The number of allylic oxidation sites excluding steroid dienone is 6. The van der Waals surface area contributed by atoms with Gasteiger partial charge in [-0.15, -0.1) is 0 Å². The second-order valence-electron chi connectivity index (χ2n) is 14.8. The molecule has 0 saturated heterocycles. The summed E-state index contributed by atoms with van der Waals surface area (Å²) in [7, 11) is -9.36. The molecule has 0 amide bonds. The maximum absolute atomic E-state index is 11.9. The molecule has 0 bridgehead atoms. The number of unbranched alkanes of at least 4 members (excludes halogenated alkanes) is 2. The number of aliphatic carboxylic acids is 1. The summed E-state index contributed by atoms with van der Waals surface area (Å²) < 4.78 is 79.3. The number of anilines is 1. The van der Waals surface area contributed by atoms with Crippen LogP contribution in [0.2, 0.25) is 19.1 Å². The number of carbonyl (C=O) groups is 1. The Kier molecular flexibility index (Phi) is 14.9. The van der Waals surface area contributed by atoms with Crippen LogP contribution in [0.1, 0.15) is 70.9 Å². The summed E-state index contributed by atoms with van der Waals surface area (Å²) in [6, 6.07) is 9.93. The molecule has 278 valence electrons. The van der Waals surface area contributed by atoms with Crippen molar-refractivity contribution in [2.24, 2.45) is 0 Å². The average Bonchev–Trinajstić information content (AvgIpc) is 3.37. The third-order valence-corrected chi connectivity index (χ3v) is 14.3. The maximum atomic E-state index is 11.9. The van der Waals surface area contributed by atoms with Gasteiger partial charge in [-0.25, -0.2) is 16.8 Å². The fourth-order valence-electron chi connectivity index (χ4n) is 6.95. The fraction of sp³-hybridized carbons (Fsp3) is 0.459. The second kappa shape index (κ2) is 17.4. The Balaban J connectivity index is 0.00000729. The van der Waals surface area contributed by atoms with Crippen LogP contribution in [0.5, 0.6) is 0 Å². The third-order valence-electron chi connectivity index (χ3n) is 10.0. The van der Waals surface area contributed by atoms with Gasteiger partial charge in [-0.1, -0.05) is 38.5 Å².